The highest BCUT2D eigenvalue weighted by molar-refractivity contribution is 5.85. The van der Waals surface area contributed by atoms with Crippen LogP contribution in [-0.2, 0) is 12.8 Å². The molecule has 2 heteroatoms. The second-order valence-corrected chi connectivity index (χ2v) is 3.19. The number of carbonyl (C=O) groups excluding carboxylic acids is 2. The largest absolute Gasteiger partial charge is 0.298 e. The summed E-state index contributed by atoms with van der Waals surface area (Å²) in [5.41, 5.74) is 3.29. The predicted molar refractivity (Wildman–Crippen MR) is 56.0 cm³/mol. The summed E-state index contributed by atoms with van der Waals surface area (Å²) in [6.45, 7) is 4.00. The molecule has 0 saturated carbocycles. The van der Waals surface area contributed by atoms with Gasteiger partial charge in [-0.05, 0) is 30.0 Å². The minimum Gasteiger partial charge on any atom is -0.298 e. The molecule has 0 unspecified atom stereocenters. The first-order valence-electron chi connectivity index (χ1n) is 4.82. The zero-order valence-electron chi connectivity index (χ0n) is 8.54. The second kappa shape index (κ2) is 4.70. The van der Waals surface area contributed by atoms with Gasteiger partial charge in [-0.25, -0.2) is 0 Å². The van der Waals surface area contributed by atoms with Crippen molar-refractivity contribution in [1.29, 1.82) is 0 Å². The van der Waals surface area contributed by atoms with Gasteiger partial charge in [-0.1, -0.05) is 19.9 Å². The standard InChI is InChI=1S/C12H14O2/c1-3-9-5-10(4-2)12(8-14)6-11(9)7-13/h5-8H,3-4H2,1-2H3. The lowest BCUT2D eigenvalue weighted by Crippen LogP contribution is -1.98. The Morgan fingerprint density at radius 2 is 1.36 bits per heavy atom. The van der Waals surface area contributed by atoms with E-state index in [1.165, 1.54) is 0 Å². The Bertz CT molecular complexity index is 322. The molecule has 14 heavy (non-hydrogen) atoms. The van der Waals surface area contributed by atoms with Crippen LogP contribution in [0.2, 0.25) is 0 Å². The molecule has 0 aromatic heterocycles. The van der Waals surface area contributed by atoms with Crippen LogP contribution in [0.5, 0.6) is 0 Å². The van der Waals surface area contributed by atoms with Crippen LogP contribution in [-0.4, -0.2) is 12.6 Å². The van der Waals surface area contributed by atoms with Crippen molar-refractivity contribution >= 4 is 12.6 Å². The van der Waals surface area contributed by atoms with Crippen molar-refractivity contribution in [3.8, 4) is 0 Å². The zero-order chi connectivity index (χ0) is 10.6. The van der Waals surface area contributed by atoms with E-state index in [4.69, 9.17) is 0 Å². The third kappa shape index (κ3) is 1.90. The van der Waals surface area contributed by atoms with E-state index in [2.05, 4.69) is 0 Å². The Morgan fingerprint density at radius 3 is 1.64 bits per heavy atom. The van der Waals surface area contributed by atoms with Crippen LogP contribution in [0.25, 0.3) is 0 Å². The van der Waals surface area contributed by atoms with Crippen molar-refractivity contribution in [2.24, 2.45) is 0 Å². The molecule has 0 spiro atoms. The van der Waals surface area contributed by atoms with Crippen LogP contribution in [0, 0.1) is 0 Å². The van der Waals surface area contributed by atoms with Crippen molar-refractivity contribution in [3.63, 3.8) is 0 Å². The highest BCUT2D eigenvalue weighted by atomic mass is 16.1. The monoisotopic (exact) mass is 190 g/mol. The van der Waals surface area contributed by atoms with Crippen LogP contribution in [0.3, 0.4) is 0 Å². The van der Waals surface area contributed by atoms with E-state index in [1.807, 2.05) is 19.9 Å². The molecule has 1 rings (SSSR count). The van der Waals surface area contributed by atoms with Gasteiger partial charge in [-0.3, -0.25) is 9.59 Å². The molecule has 74 valence electrons. The molecule has 0 saturated heterocycles. The number of hydrogen-bond acceptors (Lipinski definition) is 2. The smallest absolute Gasteiger partial charge is 0.150 e. The molecule has 0 aliphatic heterocycles. The zero-order valence-corrected chi connectivity index (χ0v) is 8.54. The molecule has 0 fully saturated rings. The Balaban J connectivity index is 3.34. The van der Waals surface area contributed by atoms with E-state index in [9.17, 15) is 9.59 Å². The Kier molecular flexibility index (Phi) is 3.57. The first kappa shape index (κ1) is 10.6. The Morgan fingerprint density at radius 1 is 0.929 bits per heavy atom. The number of carbonyl (C=O) groups is 2. The molecule has 0 N–H and O–H groups in total. The molecule has 0 amide bonds. The lowest BCUT2D eigenvalue weighted by atomic mass is 9.97. The molecular formula is C12H14O2. The first-order chi connectivity index (χ1) is 6.76. The van der Waals surface area contributed by atoms with Gasteiger partial charge in [0.15, 0.2) is 0 Å². The molecule has 0 atom stereocenters. The third-order valence-electron chi connectivity index (χ3n) is 2.42. The lowest BCUT2D eigenvalue weighted by molar-refractivity contribution is 0.112. The van der Waals surface area contributed by atoms with Crippen LogP contribution in [0.1, 0.15) is 45.7 Å². The van der Waals surface area contributed by atoms with Crippen LogP contribution < -0.4 is 0 Å². The summed E-state index contributed by atoms with van der Waals surface area (Å²) >= 11 is 0. The first-order valence-corrected chi connectivity index (χ1v) is 4.82. The summed E-state index contributed by atoms with van der Waals surface area (Å²) in [6.07, 6.45) is 3.26. The predicted octanol–water partition coefficient (Wildman–Crippen LogP) is 2.44. The van der Waals surface area contributed by atoms with E-state index in [-0.39, 0.29) is 0 Å². The van der Waals surface area contributed by atoms with Gasteiger partial charge < -0.3 is 0 Å². The number of hydrogen-bond donors (Lipinski definition) is 0. The number of benzene rings is 1. The summed E-state index contributed by atoms with van der Waals surface area (Å²) in [6, 6.07) is 3.63. The number of aldehydes is 2. The summed E-state index contributed by atoms with van der Waals surface area (Å²) in [4.78, 5) is 21.5. The minimum absolute atomic E-state index is 0.631. The van der Waals surface area contributed by atoms with Gasteiger partial charge in [0.1, 0.15) is 12.6 Å². The summed E-state index contributed by atoms with van der Waals surface area (Å²) < 4.78 is 0. The fourth-order valence-corrected chi connectivity index (χ4v) is 1.56. The highest BCUT2D eigenvalue weighted by Crippen LogP contribution is 2.16. The summed E-state index contributed by atoms with van der Waals surface area (Å²) in [5, 5.41) is 0. The van der Waals surface area contributed by atoms with Gasteiger partial charge in [-0.2, -0.15) is 0 Å². The van der Waals surface area contributed by atoms with Gasteiger partial charge >= 0.3 is 0 Å². The molecular weight excluding hydrogens is 176 g/mol. The van der Waals surface area contributed by atoms with E-state index in [0.717, 1.165) is 36.5 Å². The third-order valence-corrected chi connectivity index (χ3v) is 2.42. The van der Waals surface area contributed by atoms with E-state index in [0.29, 0.717) is 11.1 Å². The molecule has 0 aliphatic rings. The second-order valence-electron chi connectivity index (χ2n) is 3.19. The molecule has 1 aromatic carbocycles. The maximum Gasteiger partial charge on any atom is 0.150 e. The highest BCUT2D eigenvalue weighted by Gasteiger charge is 2.06. The van der Waals surface area contributed by atoms with E-state index < -0.39 is 0 Å². The van der Waals surface area contributed by atoms with Crippen LogP contribution >= 0.6 is 0 Å². The van der Waals surface area contributed by atoms with E-state index in [1.54, 1.807) is 6.07 Å². The van der Waals surface area contributed by atoms with Crippen molar-refractivity contribution in [2.75, 3.05) is 0 Å². The van der Waals surface area contributed by atoms with Crippen LogP contribution in [0.4, 0.5) is 0 Å². The normalized spacial score (nSPS) is 9.86. The summed E-state index contributed by atoms with van der Waals surface area (Å²) in [5.74, 6) is 0. The van der Waals surface area contributed by atoms with Gasteiger partial charge in [0.2, 0.25) is 0 Å². The van der Waals surface area contributed by atoms with Gasteiger partial charge in [0.05, 0.1) is 0 Å². The molecule has 0 aliphatic carbocycles. The van der Waals surface area contributed by atoms with Gasteiger partial charge in [0.25, 0.3) is 0 Å². The van der Waals surface area contributed by atoms with Crippen molar-refractivity contribution in [1.82, 2.24) is 0 Å². The van der Waals surface area contributed by atoms with Crippen molar-refractivity contribution in [3.05, 3.63) is 34.4 Å². The van der Waals surface area contributed by atoms with Gasteiger partial charge in [-0.15, -0.1) is 0 Å². The average Bonchev–Trinajstić information content (AvgIpc) is 2.26. The van der Waals surface area contributed by atoms with Crippen molar-refractivity contribution in [2.45, 2.75) is 26.7 Å². The van der Waals surface area contributed by atoms with E-state index >= 15 is 0 Å². The summed E-state index contributed by atoms with van der Waals surface area (Å²) in [7, 11) is 0. The van der Waals surface area contributed by atoms with Gasteiger partial charge in [0, 0.05) is 11.1 Å². The molecule has 1 aromatic rings. The average molecular weight is 190 g/mol. The molecule has 0 bridgehead atoms. The van der Waals surface area contributed by atoms with Crippen LogP contribution in [0.15, 0.2) is 12.1 Å². The topological polar surface area (TPSA) is 34.1 Å². The molecule has 0 heterocycles. The maximum absolute atomic E-state index is 10.7. The fraction of sp³-hybridized carbons (Fsp3) is 0.333. The Labute approximate surface area is 83.9 Å². The Hall–Kier alpha value is -1.44. The number of aryl methyl sites for hydroxylation is 2. The quantitative estimate of drug-likeness (QED) is 0.683. The number of rotatable bonds is 4. The molecule has 2 nitrogen and oxygen atoms in total. The van der Waals surface area contributed by atoms with Crippen molar-refractivity contribution < 1.29 is 9.59 Å². The molecule has 0 radical (unpaired) electrons. The minimum atomic E-state index is 0.631. The SMILES string of the molecule is CCc1cc(CC)c(C=O)cc1C=O. The maximum atomic E-state index is 10.7. The fourth-order valence-electron chi connectivity index (χ4n) is 1.56. The lowest BCUT2D eigenvalue weighted by Gasteiger charge is -2.07.